The highest BCUT2D eigenvalue weighted by molar-refractivity contribution is 5.66. The van der Waals surface area contributed by atoms with Crippen molar-refractivity contribution in [2.24, 2.45) is 5.92 Å². The number of nitrogens with two attached hydrogens (primary N) is 1. The summed E-state index contributed by atoms with van der Waals surface area (Å²) in [6.07, 6.45) is 5.37. The number of aromatic nitrogens is 4. The lowest BCUT2D eigenvalue weighted by Crippen LogP contribution is -2.35. The van der Waals surface area contributed by atoms with Crippen LogP contribution in [0.3, 0.4) is 0 Å². The Morgan fingerprint density at radius 2 is 2.33 bits per heavy atom. The molecule has 7 heteroatoms. The molecular weight excluding hydrogens is 266 g/mol. The molecule has 0 amide bonds. The molecule has 1 unspecified atom stereocenters. The molecule has 0 radical (unpaired) electrons. The quantitative estimate of drug-likeness (QED) is 0.893. The van der Waals surface area contributed by atoms with Crippen LogP contribution in [0, 0.1) is 17.2 Å². The highest BCUT2D eigenvalue weighted by Gasteiger charge is 2.25. The Bertz CT molecular complexity index is 671. The van der Waals surface area contributed by atoms with Crippen LogP contribution in [0.15, 0.2) is 18.6 Å². The molecule has 1 fully saturated rings. The van der Waals surface area contributed by atoms with Gasteiger partial charge in [-0.2, -0.15) is 9.94 Å². The molecular formula is C14H17N7. The molecule has 3 rings (SSSR count). The molecule has 7 nitrogen and oxygen atoms in total. The predicted octanol–water partition coefficient (Wildman–Crippen LogP) is 1.35. The van der Waals surface area contributed by atoms with Gasteiger partial charge in [0.15, 0.2) is 11.6 Å². The van der Waals surface area contributed by atoms with Crippen molar-refractivity contribution in [3.05, 3.63) is 24.2 Å². The predicted molar refractivity (Wildman–Crippen MR) is 78.9 cm³/mol. The molecule has 1 saturated heterocycles. The first-order valence-electron chi connectivity index (χ1n) is 7.00. The maximum Gasteiger partial charge on any atom is 0.171 e. The van der Waals surface area contributed by atoms with Crippen molar-refractivity contribution in [1.29, 1.82) is 5.26 Å². The number of hydrogen-bond donors (Lipinski definition) is 1. The van der Waals surface area contributed by atoms with E-state index in [1.54, 1.807) is 12.3 Å². The monoisotopic (exact) mass is 283 g/mol. The summed E-state index contributed by atoms with van der Waals surface area (Å²) in [4.78, 5) is 10.2. The van der Waals surface area contributed by atoms with Gasteiger partial charge in [0, 0.05) is 25.4 Å². The van der Waals surface area contributed by atoms with Crippen LogP contribution in [-0.4, -0.2) is 32.8 Å². The third-order valence-electron chi connectivity index (χ3n) is 3.75. The van der Waals surface area contributed by atoms with Crippen LogP contribution in [0.4, 0.5) is 11.6 Å². The van der Waals surface area contributed by atoms with Crippen LogP contribution in [-0.2, 0) is 0 Å². The van der Waals surface area contributed by atoms with E-state index in [2.05, 4.69) is 33.0 Å². The summed E-state index contributed by atoms with van der Waals surface area (Å²) in [6, 6.07) is 3.89. The van der Waals surface area contributed by atoms with E-state index in [9.17, 15) is 5.26 Å². The molecule has 1 aliphatic rings. The molecule has 21 heavy (non-hydrogen) atoms. The van der Waals surface area contributed by atoms with Crippen LogP contribution in [0.1, 0.15) is 25.3 Å². The van der Waals surface area contributed by atoms with Crippen molar-refractivity contribution in [2.45, 2.75) is 19.8 Å². The van der Waals surface area contributed by atoms with Crippen LogP contribution in [0.5, 0.6) is 0 Å². The second-order valence-corrected chi connectivity index (χ2v) is 5.37. The minimum Gasteiger partial charge on any atom is -0.382 e. The van der Waals surface area contributed by atoms with Crippen LogP contribution in [0.25, 0.3) is 5.82 Å². The van der Waals surface area contributed by atoms with E-state index in [-0.39, 0.29) is 0 Å². The van der Waals surface area contributed by atoms with Gasteiger partial charge in [-0.1, -0.05) is 6.92 Å². The van der Waals surface area contributed by atoms with Gasteiger partial charge in [-0.25, -0.2) is 9.97 Å². The number of piperidine rings is 1. The Morgan fingerprint density at radius 3 is 3.00 bits per heavy atom. The third-order valence-corrected chi connectivity index (χ3v) is 3.75. The molecule has 0 aromatic carbocycles. The van der Waals surface area contributed by atoms with Gasteiger partial charge < -0.3 is 10.6 Å². The molecule has 2 aromatic heterocycles. The van der Waals surface area contributed by atoms with Crippen molar-refractivity contribution in [3.8, 4) is 11.9 Å². The van der Waals surface area contributed by atoms with E-state index >= 15 is 0 Å². The Hall–Kier alpha value is -2.62. The fraction of sp³-hybridized carbons (Fsp3) is 0.429. The van der Waals surface area contributed by atoms with Crippen molar-refractivity contribution in [2.75, 3.05) is 23.7 Å². The van der Waals surface area contributed by atoms with Gasteiger partial charge in [0.05, 0.1) is 0 Å². The summed E-state index contributed by atoms with van der Waals surface area (Å²) >= 11 is 0. The maximum atomic E-state index is 9.41. The Balaban J connectivity index is 2.04. The molecule has 2 N–H and O–H groups in total. The fourth-order valence-corrected chi connectivity index (χ4v) is 2.71. The number of hydrogen-bond acceptors (Lipinski definition) is 6. The fourth-order valence-electron chi connectivity index (χ4n) is 2.71. The first-order valence-corrected chi connectivity index (χ1v) is 7.00. The van der Waals surface area contributed by atoms with Crippen molar-refractivity contribution in [1.82, 2.24) is 19.7 Å². The Morgan fingerprint density at radius 1 is 1.48 bits per heavy atom. The molecule has 0 spiro atoms. The number of nitrogen functional groups attached to an aromatic ring is 1. The minimum atomic E-state index is 0.324. The highest BCUT2D eigenvalue weighted by atomic mass is 15.4. The number of nitrogens with zero attached hydrogens (tertiary/aromatic N) is 6. The van der Waals surface area contributed by atoms with Gasteiger partial charge in [-0.3, -0.25) is 0 Å². The number of nitriles is 1. The molecule has 0 bridgehead atoms. The summed E-state index contributed by atoms with van der Waals surface area (Å²) in [5.74, 6) is 2.13. The van der Waals surface area contributed by atoms with Gasteiger partial charge in [-0.05, 0) is 18.8 Å². The largest absolute Gasteiger partial charge is 0.382 e. The summed E-state index contributed by atoms with van der Waals surface area (Å²) in [5.41, 5.74) is 6.50. The highest BCUT2D eigenvalue weighted by Crippen LogP contribution is 2.29. The van der Waals surface area contributed by atoms with Crippen molar-refractivity contribution in [3.63, 3.8) is 0 Å². The Kier molecular flexibility index (Phi) is 3.44. The van der Waals surface area contributed by atoms with Crippen molar-refractivity contribution < 1.29 is 0 Å². The molecule has 0 saturated carbocycles. The molecule has 2 aromatic rings. The average molecular weight is 283 g/mol. The van der Waals surface area contributed by atoms with Crippen LogP contribution < -0.4 is 10.6 Å². The molecule has 3 heterocycles. The van der Waals surface area contributed by atoms with E-state index in [1.807, 2.05) is 0 Å². The maximum absolute atomic E-state index is 9.41. The zero-order valence-electron chi connectivity index (χ0n) is 11.9. The topological polar surface area (TPSA) is 96.7 Å². The van der Waals surface area contributed by atoms with E-state index in [1.165, 1.54) is 17.4 Å². The van der Waals surface area contributed by atoms with E-state index in [4.69, 9.17) is 5.73 Å². The second kappa shape index (κ2) is 5.40. The number of anilines is 2. The molecule has 108 valence electrons. The summed E-state index contributed by atoms with van der Waals surface area (Å²) in [5, 5.41) is 13.9. The standard InChI is InChI=1S/C14H17N7/c1-10-3-2-6-20(8-10)14-11(7-15)13(16)21(19-14)12-4-5-17-9-18-12/h4-5,9-10H,2-3,6,8,16H2,1H3. The SMILES string of the molecule is CC1CCCN(c2nn(-c3ccncn3)c(N)c2C#N)C1. The summed E-state index contributed by atoms with van der Waals surface area (Å²) < 4.78 is 1.51. The lowest BCUT2D eigenvalue weighted by molar-refractivity contribution is 0.444. The molecule has 1 atom stereocenters. The van der Waals surface area contributed by atoms with Crippen LogP contribution in [0.2, 0.25) is 0 Å². The minimum absolute atomic E-state index is 0.324. The zero-order chi connectivity index (χ0) is 14.8. The first kappa shape index (κ1) is 13.4. The van der Waals surface area contributed by atoms with Gasteiger partial charge in [0.25, 0.3) is 0 Å². The zero-order valence-corrected chi connectivity index (χ0v) is 11.9. The number of rotatable bonds is 2. The molecule has 1 aliphatic heterocycles. The second-order valence-electron chi connectivity index (χ2n) is 5.37. The normalized spacial score (nSPS) is 18.5. The molecule has 0 aliphatic carbocycles. The van der Waals surface area contributed by atoms with E-state index in [0.29, 0.717) is 28.9 Å². The third kappa shape index (κ3) is 2.40. The lowest BCUT2D eigenvalue weighted by atomic mass is 10.0. The smallest absolute Gasteiger partial charge is 0.171 e. The van der Waals surface area contributed by atoms with Gasteiger partial charge in [0.2, 0.25) is 0 Å². The van der Waals surface area contributed by atoms with Gasteiger partial charge >= 0.3 is 0 Å². The average Bonchev–Trinajstić information content (AvgIpc) is 2.85. The first-order chi connectivity index (χ1) is 10.2. The van der Waals surface area contributed by atoms with E-state index in [0.717, 1.165) is 19.5 Å². The van der Waals surface area contributed by atoms with Gasteiger partial charge in [0.1, 0.15) is 23.8 Å². The summed E-state index contributed by atoms with van der Waals surface area (Å²) in [7, 11) is 0. The van der Waals surface area contributed by atoms with Crippen molar-refractivity contribution >= 4 is 11.6 Å². The van der Waals surface area contributed by atoms with Crippen LogP contribution >= 0.6 is 0 Å². The van der Waals surface area contributed by atoms with E-state index < -0.39 is 0 Å². The Labute approximate surface area is 123 Å². The lowest BCUT2D eigenvalue weighted by Gasteiger charge is -2.31. The van der Waals surface area contributed by atoms with Gasteiger partial charge in [-0.15, -0.1) is 5.10 Å². The summed E-state index contributed by atoms with van der Waals surface area (Å²) in [6.45, 7) is 4.01.